The predicted molar refractivity (Wildman–Crippen MR) is 116 cm³/mol. The molecule has 4 aromatic rings. The summed E-state index contributed by atoms with van der Waals surface area (Å²) in [6, 6.07) is 11.9. The lowest BCUT2D eigenvalue weighted by Crippen LogP contribution is -2.40. The first-order valence-electron chi connectivity index (χ1n) is 9.41. The first-order chi connectivity index (χ1) is 14.3. The summed E-state index contributed by atoms with van der Waals surface area (Å²) in [6.07, 6.45) is 5.28. The van der Waals surface area contributed by atoms with Crippen LogP contribution in [0.5, 0.6) is 0 Å². The second kappa shape index (κ2) is 7.84. The van der Waals surface area contributed by atoms with Crippen molar-refractivity contribution in [3.63, 3.8) is 0 Å². The van der Waals surface area contributed by atoms with Crippen LogP contribution < -0.4 is 10.2 Å². The number of thiazole rings is 1. The van der Waals surface area contributed by atoms with Crippen molar-refractivity contribution >= 4 is 49.1 Å². The van der Waals surface area contributed by atoms with Crippen molar-refractivity contribution in [1.82, 2.24) is 20.2 Å². The van der Waals surface area contributed by atoms with Gasteiger partial charge in [-0.15, -0.1) is 10.2 Å². The largest absolute Gasteiger partial charge is 0.347 e. The maximum atomic E-state index is 12.8. The Kier molecular flexibility index (Phi) is 4.91. The molecule has 1 fully saturated rings. The number of piperidine rings is 1. The van der Waals surface area contributed by atoms with Gasteiger partial charge in [-0.3, -0.25) is 9.78 Å². The van der Waals surface area contributed by atoms with Crippen LogP contribution in [0.3, 0.4) is 0 Å². The molecule has 1 atom stereocenters. The molecule has 4 heterocycles. The van der Waals surface area contributed by atoms with E-state index in [-0.39, 0.29) is 11.8 Å². The predicted octanol–water partition coefficient (Wildman–Crippen LogP) is 4.06. The molecule has 1 aliphatic rings. The summed E-state index contributed by atoms with van der Waals surface area (Å²) < 4.78 is 1.17. The summed E-state index contributed by atoms with van der Waals surface area (Å²) in [7, 11) is 0. The molecule has 1 unspecified atom stereocenters. The number of amides is 1. The van der Waals surface area contributed by atoms with Crippen molar-refractivity contribution in [2.24, 2.45) is 5.92 Å². The lowest BCUT2D eigenvalue weighted by molar-refractivity contribution is -0.120. The molecule has 0 aliphatic carbocycles. The summed E-state index contributed by atoms with van der Waals surface area (Å²) >= 11 is 3.04. The van der Waals surface area contributed by atoms with Crippen molar-refractivity contribution in [2.45, 2.75) is 12.8 Å². The Bertz CT molecular complexity index is 1110. The fourth-order valence-electron chi connectivity index (χ4n) is 3.45. The van der Waals surface area contributed by atoms with E-state index in [2.05, 4.69) is 31.5 Å². The number of rotatable bonds is 4. The molecule has 0 bridgehead atoms. The van der Waals surface area contributed by atoms with E-state index in [4.69, 9.17) is 4.98 Å². The van der Waals surface area contributed by atoms with Gasteiger partial charge in [-0.25, -0.2) is 4.98 Å². The highest BCUT2D eigenvalue weighted by molar-refractivity contribution is 7.22. The van der Waals surface area contributed by atoms with E-state index >= 15 is 0 Å². The third kappa shape index (κ3) is 3.83. The highest BCUT2D eigenvalue weighted by Crippen LogP contribution is 2.32. The monoisotopic (exact) mass is 422 g/mol. The Labute approximate surface area is 175 Å². The van der Waals surface area contributed by atoms with E-state index in [9.17, 15) is 4.79 Å². The Morgan fingerprint density at radius 3 is 2.93 bits per heavy atom. The van der Waals surface area contributed by atoms with Gasteiger partial charge in [0.05, 0.1) is 16.1 Å². The highest BCUT2D eigenvalue weighted by atomic mass is 32.1. The van der Waals surface area contributed by atoms with E-state index in [1.165, 1.54) is 16.0 Å². The first-order valence-corrected chi connectivity index (χ1v) is 11.0. The van der Waals surface area contributed by atoms with Crippen LogP contribution in [0.25, 0.3) is 20.8 Å². The Morgan fingerprint density at radius 1 is 1.14 bits per heavy atom. The second-order valence-corrected chi connectivity index (χ2v) is 8.88. The zero-order chi connectivity index (χ0) is 19.6. The molecule has 0 spiro atoms. The molecule has 0 radical (unpaired) electrons. The molecule has 29 heavy (non-hydrogen) atoms. The standard InChI is InChI=1S/C20H18N6OS2/c27-17(23-19-25-24-18(29-19)13-5-3-9-21-11-13)14-6-4-10-26(12-14)20-22-15-7-1-2-8-16(15)28-20/h1-3,5,7-9,11,14H,4,6,10,12H2,(H,23,25,27). The lowest BCUT2D eigenvalue weighted by Gasteiger charge is -2.31. The van der Waals surface area contributed by atoms with Crippen molar-refractivity contribution < 1.29 is 4.79 Å². The van der Waals surface area contributed by atoms with Crippen molar-refractivity contribution in [3.05, 3.63) is 48.8 Å². The number of anilines is 2. The van der Waals surface area contributed by atoms with Crippen LogP contribution >= 0.6 is 22.7 Å². The van der Waals surface area contributed by atoms with Gasteiger partial charge < -0.3 is 10.2 Å². The number of hydrogen-bond acceptors (Lipinski definition) is 8. The Hall–Kier alpha value is -2.91. The van der Waals surface area contributed by atoms with Crippen LogP contribution in [0.15, 0.2) is 48.8 Å². The summed E-state index contributed by atoms with van der Waals surface area (Å²) in [5.41, 5.74) is 1.90. The average Bonchev–Trinajstić information content (AvgIpc) is 3.41. The van der Waals surface area contributed by atoms with Crippen molar-refractivity contribution in [2.75, 3.05) is 23.3 Å². The molecule has 1 N–H and O–H groups in total. The van der Waals surface area contributed by atoms with Gasteiger partial charge in [0.1, 0.15) is 0 Å². The maximum Gasteiger partial charge on any atom is 0.231 e. The molecule has 9 heteroatoms. The van der Waals surface area contributed by atoms with Gasteiger partial charge in [0, 0.05) is 31.0 Å². The smallest absolute Gasteiger partial charge is 0.231 e. The molecule has 7 nitrogen and oxygen atoms in total. The number of aromatic nitrogens is 4. The van der Waals surface area contributed by atoms with Crippen molar-refractivity contribution in [3.8, 4) is 10.6 Å². The van der Waals surface area contributed by atoms with Gasteiger partial charge in [0.15, 0.2) is 10.1 Å². The number of fused-ring (bicyclic) bond motifs is 1. The van der Waals surface area contributed by atoms with E-state index in [1.54, 1.807) is 23.7 Å². The summed E-state index contributed by atoms with van der Waals surface area (Å²) in [4.78, 5) is 23.9. The minimum absolute atomic E-state index is 0.00954. The Morgan fingerprint density at radius 2 is 2.07 bits per heavy atom. The van der Waals surface area contributed by atoms with Gasteiger partial charge in [-0.2, -0.15) is 0 Å². The zero-order valence-electron chi connectivity index (χ0n) is 15.5. The summed E-state index contributed by atoms with van der Waals surface area (Å²) in [6.45, 7) is 1.59. The molecule has 1 saturated heterocycles. The molecule has 146 valence electrons. The molecule has 5 rings (SSSR count). The number of pyridine rings is 1. The van der Waals surface area contributed by atoms with Gasteiger partial charge >= 0.3 is 0 Å². The number of nitrogens with one attached hydrogen (secondary N) is 1. The van der Waals surface area contributed by atoms with Gasteiger partial charge in [0.25, 0.3) is 0 Å². The van der Waals surface area contributed by atoms with Crippen molar-refractivity contribution in [1.29, 1.82) is 0 Å². The fraction of sp³-hybridized carbons (Fsp3) is 0.250. The number of para-hydroxylation sites is 1. The third-order valence-electron chi connectivity index (χ3n) is 4.91. The minimum Gasteiger partial charge on any atom is -0.347 e. The number of benzene rings is 1. The lowest BCUT2D eigenvalue weighted by atomic mass is 9.98. The summed E-state index contributed by atoms with van der Waals surface area (Å²) in [5, 5.41) is 13.5. The van der Waals surface area contributed by atoms with E-state index < -0.39 is 0 Å². The molecule has 1 amide bonds. The molecule has 3 aromatic heterocycles. The van der Waals surface area contributed by atoms with Crippen LogP contribution in [-0.4, -0.2) is 39.2 Å². The molecule has 1 aliphatic heterocycles. The van der Waals surface area contributed by atoms with E-state index in [0.29, 0.717) is 11.7 Å². The molecule has 0 saturated carbocycles. The van der Waals surface area contributed by atoms with Crippen LogP contribution in [0.2, 0.25) is 0 Å². The molecule has 1 aromatic carbocycles. The maximum absolute atomic E-state index is 12.8. The molecular formula is C20H18N6OS2. The van der Waals surface area contributed by atoms with E-state index in [0.717, 1.165) is 40.6 Å². The third-order valence-corrected chi connectivity index (χ3v) is 6.89. The van der Waals surface area contributed by atoms with Gasteiger partial charge in [-0.05, 0) is 37.1 Å². The number of hydrogen-bond donors (Lipinski definition) is 1. The van der Waals surface area contributed by atoms with Gasteiger partial charge in [0.2, 0.25) is 11.0 Å². The van der Waals surface area contributed by atoms with Crippen LogP contribution in [0, 0.1) is 5.92 Å². The van der Waals surface area contributed by atoms with E-state index in [1.807, 2.05) is 30.3 Å². The normalized spacial score (nSPS) is 16.8. The van der Waals surface area contributed by atoms with Crippen LogP contribution in [0.4, 0.5) is 10.3 Å². The topological polar surface area (TPSA) is 83.9 Å². The zero-order valence-corrected chi connectivity index (χ0v) is 17.1. The van der Waals surface area contributed by atoms with Crippen LogP contribution in [-0.2, 0) is 4.79 Å². The summed E-state index contributed by atoms with van der Waals surface area (Å²) in [5.74, 6) is -0.105. The average molecular weight is 423 g/mol. The second-order valence-electron chi connectivity index (χ2n) is 6.89. The fourth-order valence-corrected chi connectivity index (χ4v) is 5.18. The number of nitrogens with zero attached hydrogens (tertiary/aromatic N) is 5. The Balaban J connectivity index is 1.27. The first kappa shape index (κ1) is 18.1. The molecular weight excluding hydrogens is 404 g/mol. The quantitative estimate of drug-likeness (QED) is 0.534. The SMILES string of the molecule is O=C(Nc1nnc(-c2cccnc2)s1)C1CCCN(c2nc3ccccc3s2)C1. The number of carbonyl (C=O) groups excluding carboxylic acids is 1. The highest BCUT2D eigenvalue weighted by Gasteiger charge is 2.28. The van der Waals surface area contributed by atoms with Gasteiger partial charge in [-0.1, -0.05) is 34.8 Å². The van der Waals surface area contributed by atoms with Crippen LogP contribution in [0.1, 0.15) is 12.8 Å². The number of carbonyl (C=O) groups is 1. The minimum atomic E-state index is -0.0958.